The molecule has 1 aliphatic rings. The van der Waals surface area contributed by atoms with Crippen LogP contribution in [0.1, 0.15) is 77.2 Å². The van der Waals surface area contributed by atoms with E-state index in [9.17, 15) is 0 Å². The second-order valence-corrected chi connectivity index (χ2v) is 7.11. The van der Waals surface area contributed by atoms with E-state index >= 15 is 0 Å². The van der Waals surface area contributed by atoms with E-state index in [0.717, 1.165) is 49.8 Å². The highest BCUT2D eigenvalue weighted by Crippen LogP contribution is 2.22. The molecule has 0 aromatic carbocycles. The van der Waals surface area contributed by atoms with Gasteiger partial charge in [0.25, 0.3) is 0 Å². The lowest BCUT2D eigenvalue weighted by molar-refractivity contribution is 0.236. The second-order valence-electron chi connectivity index (χ2n) is 7.11. The number of likely N-dealkylation sites (tertiary alicyclic amines) is 1. The van der Waals surface area contributed by atoms with E-state index in [1.165, 1.54) is 25.9 Å². The molecule has 148 valence electrons. The maximum Gasteiger partial charge on any atom is 0.191 e. The molecule has 0 amide bonds. The first kappa shape index (κ1) is 20.7. The molecule has 1 aromatic heterocycles. The molecule has 0 bridgehead atoms. The summed E-state index contributed by atoms with van der Waals surface area (Å²) in [5, 5.41) is 11.1. The van der Waals surface area contributed by atoms with Crippen molar-refractivity contribution in [3.8, 4) is 0 Å². The van der Waals surface area contributed by atoms with E-state index in [0.29, 0.717) is 18.5 Å². The maximum absolute atomic E-state index is 5.49. The van der Waals surface area contributed by atoms with Crippen LogP contribution in [0.5, 0.6) is 0 Å². The van der Waals surface area contributed by atoms with E-state index in [1.54, 1.807) is 0 Å². The minimum absolute atomic E-state index is 0.480. The van der Waals surface area contributed by atoms with Gasteiger partial charge in [0, 0.05) is 31.1 Å². The van der Waals surface area contributed by atoms with Gasteiger partial charge in [-0.05, 0) is 52.1 Å². The van der Waals surface area contributed by atoms with Crippen molar-refractivity contribution >= 4 is 5.96 Å². The summed E-state index contributed by atoms with van der Waals surface area (Å²) in [6.45, 7) is 13.5. The third-order valence-corrected chi connectivity index (χ3v) is 5.35. The second kappa shape index (κ2) is 11.2. The summed E-state index contributed by atoms with van der Waals surface area (Å²) in [5.74, 6) is 2.16. The van der Waals surface area contributed by atoms with E-state index in [2.05, 4.69) is 59.4 Å². The molecule has 6 heteroatoms. The average molecular weight is 364 g/mol. The molecule has 0 aliphatic carbocycles. The first-order valence-corrected chi connectivity index (χ1v) is 10.4. The summed E-state index contributed by atoms with van der Waals surface area (Å²) in [6.07, 6.45) is 5.99. The van der Waals surface area contributed by atoms with Gasteiger partial charge in [0.2, 0.25) is 0 Å². The zero-order chi connectivity index (χ0) is 18.8. The van der Waals surface area contributed by atoms with Crippen molar-refractivity contribution in [1.82, 2.24) is 20.7 Å². The lowest BCUT2D eigenvalue weighted by Crippen LogP contribution is -2.46. The van der Waals surface area contributed by atoms with Crippen molar-refractivity contribution in [3.05, 3.63) is 17.5 Å². The highest BCUT2D eigenvalue weighted by atomic mass is 16.5. The Morgan fingerprint density at radius 2 is 1.88 bits per heavy atom. The Labute approximate surface area is 158 Å². The van der Waals surface area contributed by atoms with Gasteiger partial charge >= 0.3 is 0 Å². The summed E-state index contributed by atoms with van der Waals surface area (Å²) < 4.78 is 5.49. The smallest absolute Gasteiger partial charge is 0.191 e. The van der Waals surface area contributed by atoms with Gasteiger partial charge in [-0.15, -0.1) is 0 Å². The molecule has 1 aromatic rings. The number of guanidine groups is 1. The maximum atomic E-state index is 5.49. The van der Waals surface area contributed by atoms with Gasteiger partial charge < -0.3 is 15.2 Å². The highest BCUT2D eigenvalue weighted by molar-refractivity contribution is 5.79. The molecular weight excluding hydrogens is 326 g/mol. The SMILES string of the molecule is CCNC(=NCc1cc(C(CC)CC)no1)NCC(CC)N1CCCC1. The van der Waals surface area contributed by atoms with Gasteiger partial charge in [-0.25, -0.2) is 4.99 Å². The van der Waals surface area contributed by atoms with Crippen LogP contribution in [-0.4, -0.2) is 48.2 Å². The number of hydrogen-bond donors (Lipinski definition) is 2. The largest absolute Gasteiger partial charge is 0.359 e. The number of hydrogen-bond acceptors (Lipinski definition) is 4. The van der Waals surface area contributed by atoms with Gasteiger partial charge in [0.15, 0.2) is 11.7 Å². The fourth-order valence-corrected chi connectivity index (χ4v) is 3.65. The third-order valence-electron chi connectivity index (χ3n) is 5.35. The molecule has 2 rings (SSSR count). The van der Waals surface area contributed by atoms with Crippen molar-refractivity contribution in [2.45, 2.75) is 78.3 Å². The molecule has 1 atom stereocenters. The topological polar surface area (TPSA) is 65.7 Å². The van der Waals surface area contributed by atoms with Crippen molar-refractivity contribution in [1.29, 1.82) is 0 Å². The normalized spacial score (nSPS) is 17.0. The zero-order valence-corrected chi connectivity index (χ0v) is 17.1. The van der Waals surface area contributed by atoms with E-state index in [-0.39, 0.29) is 0 Å². The minimum atomic E-state index is 0.480. The van der Waals surface area contributed by atoms with Crippen LogP contribution in [0.4, 0.5) is 0 Å². The summed E-state index contributed by atoms with van der Waals surface area (Å²) in [6, 6.07) is 2.64. The Kier molecular flexibility index (Phi) is 8.95. The van der Waals surface area contributed by atoms with Crippen LogP contribution in [0.25, 0.3) is 0 Å². The Morgan fingerprint density at radius 3 is 2.50 bits per heavy atom. The Morgan fingerprint density at radius 1 is 1.15 bits per heavy atom. The number of rotatable bonds is 10. The molecule has 2 N–H and O–H groups in total. The quantitative estimate of drug-likeness (QED) is 0.492. The number of nitrogens with zero attached hydrogens (tertiary/aromatic N) is 3. The van der Waals surface area contributed by atoms with Crippen LogP contribution in [-0.2, 0) is 6.54 Å². The molecule has 0 saturated carbocycles. The van der Waals surface area contributed by atoms with Crippen molar-refractivity contribution in [3.63, 3.8) is 0 Å². The minimum Gasteiger partial charge on any atom is -0.359 e. The van der Waals surface area contributed by atoms with Crippen molar-refractivity contribution in [2.24, 2.45) is 4.99 Å². The Balaban J connectivity index is 1.91. The zero-order valence-electron chi connectivity index (χ0n) is 17.1. The molecular formula is C20H37N5O. The molecule has 1 saturated heterocycles. The van der Waals surface area contributed by atoms with Gasteiger partial charge in [0.05, 0.1) is 5.69 Å². The molecule has 26 heavy (non-hydrogen) atoms. The van der Waals surface area contributed by atoms with Gasteiger partial charge in [-0.3, -0.25) is 4.90 Å². The Hall–Kier alpha value is -1.56. The van der Waals surface area contributed by atoms with Gasteiger partial charge in [0.1, 0.15) is 6.54 Å². The molecule has 0 spiro atoms. The van der Waals surface area contributed by atoms with E-state index in [4.69, 9.17) is 4.52 Å². The molecule has 1 unspecified atom stereocenters. The van der Waals surface area contributed by atoms with E-state index < -0.39 is 0 Å². The highest BCUT2D eigenvalue weighted by Gasteiger charge is 2.20. The molecule has 0 radical (unpaired) electrons. The summed E-state index contributed by atoms with van der Waals surface area (Å²) >= 11 is 0. The average Bonchev–Trinajstić information content (AvgIpc) is 3.33. The molecule has 2 heterocycles. The molecule has 1 aliphatic heterocycles. The van der Waals surface area contributed by atoms with Crippen LogP contribution in [0.2, 0.25) is 0 Å². The standard InChI is InChI=1S/C20H37N5O/c1-5-16(6-2)19-13-18(26-24-19)15-23-20(21-8-4)22-14-17(7-3)25-11-9-10-12-25/h13,16-17H,5-12,14-15H2,1-4H3,(H2,21,22,23). The molecule has 6 nitrogen and oxygen atoms in total. The fraction of sp³-hybridized carbons (Fsp3) is 0.800. The number of nitrogens with one attached hydrogen (secondary N) is 2. The third kappa shape index (κ3) is 6.01. The Bertz CT molecular complexity index is 532. The van der Waals surface area contributed by atoms with Crippen LogP contribution in [0.3, 0.4) is 0 Å². The molecule has 1 fully saturated rings. The van der Waals surface area contributed by atoms with Crippen LogP contribution in [0.15, 0.2) is 15.6 Å². The summed E-state index contributed by atoms with van der Waals surface area (Å²) in [7, 11) is 0. The number of aromatic nitrogens is 1. The first-order valence-electron chi connectivity index (χ1n) is 10.4. The lowest BCUT2D eigenvalue weighted by Gasteiger charge is -2.27. The van der Waals surface area contributed by atoms with E-state index in [1.807, 2.05) is 0 Å². The lowest BCUT2D eigenvalue weighted by atomic mass is 9.99. The van der Waals surface area contributed by atoms with Gasteiger partial charge in [-0.1, -0.05) is 25.9 Å². The monoisotopic (exact) mass is 363 g/mol. The number of aliphatic imine (C=N–C) groups is 1. The summed E-state index contributed by atoms with van der Waals surface area (Å²) in [5.41, 5.74) is 1.05. The fourth-order valence-electron chi connectivity index (χ4n) is 3.65. The van der Waals surface area contributed by atoms with Crippen LogP contribution in [0, 0.1) is 0 Å². The van der Waals surface area contributed by atoms with Crippen LogP contribution >= 0.6 is 0 Å². The summed E-state index contributed by atoms with van der Waals surface area (Å²) in [4.78, 5) is 7.28. The predicted molar refractivity (Wildman–Crippen MR) is 108 cm³/mol. The first-order chi connectivity index (χ1) is 12.7. The predicted octanol–water partition coefficient (Wildman–Crippen LogP) is 3.51. The van der Waals surface area contributed by atoms with Crippen molar-refractivity contribution in [2.75, 3.05) is 26.2 Å². The van der Waals surface area contributed by atoms with Crippen LogP contribution < -0.4 is 10.6 Å². The van der Waals surface area contributed by atoms with Gasteiger partial charge in [-0.2, -0.15) is 0 Å². The van der Waals surface area contributed by atoms with Crippen molar-refractivity contribution < 1.29 is 4.52 Å².